The SMILES string of the molecule is CCCCOc1c(O)nc(CC2(c3cccc(Cl)c3)CCCC2)nc1C(=O)O. The van der Waals surface area contributed by atoms with Crippen molar-refractivity contribution in [3.05, 3.63) is 46.4 Å². The van der Waals surface area contributed by atoms with Crippen LogP contribution in [0.3, 0.4) is 0 Å². The Hall–Kier alpha value is -2.34. The summed E-state index contributed by atoms with van der Waals surface area (Å²) in [6.45, 7) is 2.30. The Morgan fingerprint density at radius 3 is 2.68 bits per heavy atom. The van der Waals surface area contributed by atoms with Crippen molar-refractivity contribution in [2.45, 2.75) is 57.3 Å². The molecule has 3 rings (SSSR count). The molecule has 150 valence electrons. The van der Waals surface area contributed by atoms with E-state index < -0.39 is 11.8 Å². The molecule has 1 fully saturated rings. The molecule has 0 spiro atoms. The fourth-order valence-corrected chi connectivity index (χ4v) is 4.09. The molecular weight excluding hydrogens is 380 g/mol. The average molecular weight is 405 g/mol. The first-order valence-electron chi connectivity index (χ1n) is 9.67. The zero-order valence-corrected chi connectivity index (χ0v) is 16.7. The van der Waals surface area contributed by atoms with Gasteiger partial charge in [0.15, 0.2) is 5.69 Å². The van der Waals surface area contributed by atoms with Gasteiger partial charge >= 0.3 is 5.97 Å². The van der Waals surface area contributed by atoms with E-state index in [2.05, 4.69) is 9.97 Å². The predicted molar refractivity (Wildman–Crippen MR) is 106 cm³/mol. The van der Waals surface area contributed by atoms with Crippen molar-refractivity contribution in [3.63, 3.8) is 0 Å². The number of carbonyl (C=O) groups is 1. The quantitative estimate of drug-likeness (QED) is 0.616. The van der Waals surface area contributed by atoms with Gasteiger partial charge in [-0.3, -0.25) is 0 Å². The van der Waals surface area contributed by atoms with Gasteiger partial charge in [0.2, 0.25) is 5.75 Å². The summed E-state index contributed by atoms with van der Waals surface area (Å²) >= 11 is 6.20. The van der Waals surface area contributed by atoms with Crippen molar-refractivity contribution in [2.24, 2.45) is 0 Å². The third-order valence-electron chi connectivity index (χ3n) is 5.34. The van der Waals surface area contributed by atoms with Gasteiger partial charge in [0, 0.05) is 16.9 Å². The lowest BCUT2D eigenvalue weighted by molar-refractivity contribution is 0.0683. The average Bonchev–Trinajstić information content (AvgIpc) is 3.13. The third kappa shape index (κ3) is 4.38. The van der Waals surface area contributed by atoms with Crippen molar-refractivity contribution in [1.29, 1.82) is 0 Å². The first-order valence-corrected chi connectivity index (χ1v) is 10.0. The Labute approximate surface area is 169 Å². The zero-order chi connectivity index (χ0) is 20.1. The van der Waals surface area contributed by atoms with Gasteiger partial charge in [0.05, 0.1) is 6.61 Å². The fraction of sp³-hybridized carbons (Fsp3) is 0.476. The molecule has 28 heavy (non-hydrogen) atoms. The van der Waals surface area contributed by atoms with E-state index in [1.54, 1.807) is 0 Å². The van der Waals surface area contributed by atoms with Crippen molar-refractivity contribution in [3.8, 4) is 11.6 Å². The van der Waals surface area contributed by atoms with Gasteiger partial charge in [0.1, 0.15) is 5.82 Å². The lowest BCUT2D eigenvalue weighted by atomic mass is 9.76. The van der Waals surface area contributed by atoms with E-state index in [4.69, 9.17) is 16.3 Å². The van der Waals surface area contributed by atoms with Gasteiger partial charge in [-0.05, 0) is 37.0 Å². The van der Waals surface area contributed by atoms with Crippen molar-refractivity contribution >= 4 is 17.6 Å². The Balaban J connectivity index is 1.95. The summed E-state index contributed by atoms with van der Waals surface area (Å²) < 4.78 is 5.45. The van der Waals surface area contributed by atoms with Gasteiger partial charge in [-0.15, -0.1) is 0 Å². The molecule has 0 bridgehead atoms. The van der Waals surface area contributed by atoms with Crippen LogP contribution in [0.5, 0.6) is 11.6 Å². The summed E-state index contributed by atoms with van der Waals surface area (Å²) in [6, 6.07) is 7.74. The molecule has 7 heteroatoms. The molecule has 1 heterocycles. The van der Waals surface area contributed by atoms with Crippen molar-refractivity contribution in [1.82, 2.24) is 9.97 Å². The summed E-state index contributed by atoms with van der Waals surface area (Å²) in [7, 11) is 0. The van der Waals surface area contributed by atoms with Crippen LogP contribution in [0.4, 0.5) is 0 Å². The predicted octanol–water partition coefficient (Wildman–Crippen LogP) is 4.77. The summed E-state index contributed by atoms with van der Waals surface area (Å²) in [6.07, 6.45) is 6.10. The zero-order valence-electron chi connectivity index (χ0n) is 15.9. The second kappa shape index (κ2) is 8.78. The Morgan fingerprint density at radius 1 is 1.29 bits per heavy atom. The number of hydrogen-bond donors (Lipinski definition) is 2. The van der Waals surface area contributed by atoms with Crippen LogP contribution in [-0.2, 0) is 11.8 Å². The van der Waals surface area contributed by atoms with Crippen molar-refractivity contribution in [2.75, 3.05) is 6.61 Å². The van der Waals surface area contributed by atoms with E-state index in [-0.39, 0.29) is 16.9 Å². The van der Waals surface area contributed by atoms with E-state index in [9.17, 15) is 15.0 Å². The Kier molecular flexibility index (Phi) is 6.39. The maximum absolute atomic E-state index is 11.7. The number of aromatic nitrogens is 2. The minimum absolute atomic E-state index is 0.159. The number of halogens is 1. The summed E-state index contributed by atoms with van der Waals surface area (Å²) in [4.78, 5) is 20.1. The Morgan fingerprint density at radius 2 is 2.04 bits per heavy atom. The second-order valence-electron chi connectivity index (χ2n) is 7.32. The highest BCUT2D eigenvalue weighted by Crippen LogP contribution is 2.44. The first kappa shape index (κ1) is 20.4. The van der Waals surface area contributed by atoms with E-state index in [1.807, 2.05) is 31.2 Å². The largest absolute Gasteiger partial charge is 0.491 e. The minimum Gasteiger partial charge on any atom is -0.491 e. The number of unbranched alkanes of at least 4 members (excludes halogenated alkanes) is 1. The van der Waals surface area contributed by atoms with Crippen LogP contribution in [0.1, 0.15) is 67.3 Å². The smallest absolute Gasteiger partial charge is 0.358 e. The molecule has 0 unspecified atom stereocenters. The van der Waals surface area contributed by atoms with Crippen LogP contribution in [0.2, 0.25) is 5.02 Å². The number of nitrogens with zero attached hydrogens (tertiary/aromatic N) is 2. The van der Waals surface area contributed by atoms with E-state index >= 15 is 0 Å². The monoisotopic (exact) mass is 404 g/mol. The minimum atomic E-state index is -1.24. The number of aromatic carboxylic acids is 1. The highest BCUT2D eigenvalue weighted by Gasteiger charge is 2.37. The molecule has 0 amide bonds. The molecule has 1 aromatic heterocycles. The molecule has 0 radical (unpaired) electrons. The number of aromatic hydroxyl groups is 1. The van der Waals surface area contributed by atoms with Crippen LogP contribution in [-0.4, -0.2) is 32.8 Å². The molecule has 2 aromatic rings. The normalized spacial score (nSPS) is 15.5. The molecule has 2 N–H and O–H groups in total. The number of rotatable bonds is 8. The van der Waals surface area contributed by atoms with Gasteiger partial charge in [0.25, 0.3) is 5.88 Å². The van der Waals surface area contributed by atoms with Crippen molar-refractivity contribution < 1.29 is 19.7 Å². The standard InChI is InChI=1S/C21H25ClN2O4/c1-2-3-11-28-18-17(20(26)27)23-16(24-19(18)25)13-21(9-4-5-10-21)14-7-6-8-15(22)12-14/h6-8,12H,2-5,9-11,13H2,1H3,(H,26,27)(H,23,24,25). The first-order chi connectivity index (χ1) is 13.4. The van der Waals surface area contributed by atoms with Gasteiger partial charge in [-0.2, -0.15) is 4.98 Å². The second-order valence-corrected chi connectivity index (χ2v) is 7.76. The molecule has 0 saturated heterocycles. The third-order valence-corrected chi connectivity index (χ3v) is 5.57. The summed E-state index contributed by atoms with van der Waals surface area (Å²) in [5.41, 5.74) is 0.594. The topological polar surface area (TPSA) is 92.5 Å². The van der Waals surface area contributed by atoms with E-state index in [0.717, 1.165) is 44.1 Å². The molecule has 6 nitrogen and oxygen atoms in total. The lowest BCUT2D eigenvalue weighted by Gasteiger charge is -2.29. The van der Waals surface area contributed by atoms with E-state index in [1.165, 1.54) is 0 Å². The van der Waals surface area contributed by atoms with Gasteiger partial charge in [-0.1, -0.05) is 49.9 Å². The highest BCUT2D eigenvalue weighted by molar-refractivity contribution is 6.30. The summed E-state index contributed by atoms with van der Waals surface area (Å²) in [5, 5.41) is 20.5. The van der Waals surface area contributed by atoms with Crippen LogP contribution >= 0.6 is 11.6 Å². The highest BCUT2D eigenvalue weighted by atomic mass is 35.5. The number of benzene rings is 1. The summed E-state index contributed by atoms with van der Waals surface area (Å²) in [5.74, 6) is -1.51. The van der Waals surface area contributed by atoms with Gasteiger partial charge < -0.3 is 14.9 Å². The van der Waals surface area contributed by atoms with Crippen LogP contribution in [0.15, 0.2) is 24.3 Å². The van der Waals surface area contributed by atoms with E-state index in [0.29, 0.717) is 23.9 Å². The van der Waals surface area contributed by atoms with Crippen LogP contribution in [0, 0.1) is 0 Å². The molecule has 0 atom stereocenters. The number of hydrogen-bond acceptors (Lipinski definition) is 5. The maximum atomic E-state index is 11.7. The van der Waals surface area contributed by atoms with Gasteiger partial charge in [-0.25, -0.2) is 9.78 Å². The molecule has 1 aromatic carbocycles. The molecule has 1 saturated carbocycles. The Bertz CT molecular complexity index is 850. The molecule has 1 aliphatic carbocycles. The molecule has 0 aliphatic heterocycles. The van der Waals surface area contributed by atoms with Crippen LogP contribution in [0.25, 0.3) is 0 Å². The fourth-order valence-electron chi connectivity index (χ4n) is 3.90. The number of ether oxygens (including phenoxy) is 1. The molecule has 1 aliphatic rings. The van der Waals surface area contributed by atoms with Crippen LogP contribution < -0.4 is 4.74 Å². The number of carboxylic acid groups (broad SMARTS) is 1. The lowest BCUT2D eigenvalue weighted by Crippen LogP contribution is -2.27. The molecular formula is C21H25ClN2O4. The number of carboxylic acids is 1. The maximum Gasteiger partial charge on any atom is 0.358 e.